The van der Waals surface area contributed by atoms with Gasteiger partial charge in [-0.25, -0.2) is 13.6 Å². The lowest BCUT2D eigenvalue weighted by Gasteiger charge is -2.32. The predicted octanol–water partition coefficient (Wildman–Crippen LogP) is 4.21. The molecule has 0 fully saturated rings. The molecule has 0 radical (unpaired) electrons. The smallest absolute Gasteiger partial charge is 0.366 e. The van der Waals surface area contributed by atoms with E-state index >= 15 is 0 Å². The Morgan fingerprint density at radius 3 is 2.46 bits per heavy atom. The fraction of sp³-hybridized carbons (Fsp3) is 0.154. The summed E-state index contributed by atoms with van der Waals surface area (Å²) in [5.41, 5.74) is -3.16. The largest absolute Gasteiger partial charge is 0.417 e. The van der Waals surface area contributed by atoms with Crippen LogP contribution in [0.3, 0.4) is 0 Å². The van der Waals surface area contributed by atoms with Crippen molar-refractivity contribution in [2.75, 3.05) is 11.9 Å². The van der Waals surface area contributed by atoms with Gasteiger partial charge in [-0.2, -0.15) is 18.4 Å². The Bertz CT molecular complexity index is 1740. The molecule has 3 aromatic carbocycles. The van der Waals surface area contributed by atoms with Gasteiger partial charge in [0.25, 0.3) is 5.91 Å². The predicted molar refractivity (Wildman–Crippen MR) is 132 cm³/mol. The molecule has 2 aliphatic heterocycles. The van der Waals surface area contributed by atoms with Gasteiger partial charge in [0.1, 0.15) is 18.2 Å². The monoisotopic (exact) mass is 591 g/mol. The van der Waals surface area contributed by atoms with Gasteiger partial charge in [0.2, 0.25) is 5.91 Å². The van der Waals surface area contributed by atoms with Crippen LogP contribution in [-0.2, 0) is 18.4 Å². The Hall–Kier alpha value is -4.74. The van der Waals surface area contributed by atoms with Gasteiger partial charge in [-0.3, -0.25) is 9.59 Å². The van der Waals surface area contributed by atoms with E-state index in [0.29, 0.717) is 6.07 Å². The molecule has 15 heteroatoms. The molecule has 3 aromatic rings. The van der Waals surface area contributed by atoms with Crippen molar-refractivity contribution in [1.82, 2.24) is 10.2 Å². The van der Waals surface area contributed by atoms with E-state index in [1.807, 2.05) is 0 Å². The number of aliphatic hydroxyl groups is 1. The summed E-state index contributed by atoms with van der Waals surface area (Å²) < 4.78 is 71.2. The number of benzene rings is 3. The Morgan fingerprint density at radius 1 is 1.15 bits per heavy atom. The summed E-state index contributed by atoms with van der Waals surface area (Å²) in [5, 5.41) is 25.2. The van der Waals surface area contributed by atoms with Gasteiger partial charge in [0.05, 0.1) is 40.0 Å². The van der Waals surface area contributed by atoms with Crippen LogP contribution in [0.2, 0.25) is 5.02 Å². The van der Waals surface area contributed by atoms with Crippen molar-refractivity contribution in [3.63, 3.8) is 0 Å². The van der Waals surface area contributed by atoms with E-state index in [-0.39, 0.29) is 29.4 Å². The number of hydrogen-bond donors (Lipinski definition) is 4. The average Bonchev–Trinajstić information content (AvgIpc) is 3.14. The number of hydrogen-bond acceptors (Lipinski definition) is 5. The van der Waals surface area contributed by atoms with Crippen LogP contribution < -0.4 is 16.4 Å². The van der Waals surface area contributed by atoms with E-state index in [0.717, 1.165) is 29.2 Å². The Labute approximate surface area is 231 Å². The molecule has 5 N–H and O–H groups in total. The zero-order chi connectivity index (χ0) is 30.0. The normalized spacial score (nSPS) is 17.9. The van der Waals surface area contributed by atoms with Gasteiger partial charge in [-0.15, -0.1) is 0 Å². The highest BCUT2D eigenvalue weighted by molar-refractivity contribution is 6.31. The van der Waals surface area contributed by atoms with Crippen molar-refractivity contribution in [3.8, 4) is 17.2 Å². The molecule has 4 amide bonds. The summed E-state index contributed by atoms with van der Waals surface area (Å²) in [5.74, 6) is -4.82. The zero-order valence-corrected chi connectivity index (χ0v) is 21.0. The molecule has 5 rings (SSSR count). The number of fused-ring (bicyclic) bond motifs is 3. The molecule has 0 saturated carbocycles. The number of nitrogens with zero attached hydrogens (tertiary/aromatic N) is 2. The summed E-state index contributed by atoms with van der Waals surface area (Å²) in [6.07, 6.45) is -5.27. The molecule has 2 aliphatic rings. The molecule has 0 aliphatic carbocycles. The number of rotatable bonds is 4. The maximum absolute atomic E-state index is 14.3. The van der Waals surface area contributed by atoms with Crippen LogP contribution >= 0.6 is 11.6 Å². The van der Waals surface area contributed by atoms with Crippen LogP contribution in [0.4, 0.5) is 32.4 Å². The van der Waals surface area contributed by atoms with Crippen LogP contribution in [-0.4, -0.2) is 34.4 Å². The van der Waals surface area contributed by atoms with Gasteiger partial charge in [0.15, 0.2) is 5.72 Å². The van der Waals surface area contributed by atoms with Crippen molar-refractivity contribution >= 4 is 35.1 Å². The van der Waals surface area contributed by atoms with Crippen LogP contribution in [0.5, 0.6) is 0 Å². The third-order valence-electron chi connectivity index (χ3n) is 6.70. The number of amides is 4. The molecular formula is C26H15ClF5N5O4. The molecule has 0 spiro atoms. The summed E-state index contributed by atoms with van der Waals surface area (Å²) in [6, 6.07) is 5.21. The highest BCUT2D eigenvalue weighted by Gasteiger charge is 2.50. The van der Waals surface area contributed by atoms with Gasteiger partial charge in [0, 0.05) is 16.7 Å². The Balaban J connectivity index is 1.96. The maximum atomic E-state index is 14.3. The minimum absolute atomic E-state index is 0.0195. The molecule has 1 unspecified atom stereocenters. The fourth-order valence-corrected chi connectivity index (χ4v) is 5.38. The van der Waals surface area contributed by atoms with Gasteiger partial charge in [-0.1, -0.05) is 11.6 Å². The number of nitrogens with one attached hydrogen (secondary N) is 2. The minimum atomic E-state index is -5.27. The topological polar surface area (TPSA) is 149 Å². The molecule has 2 heterocycles. The Morgan fingerprint density at radius 2 is 1.85 bits per heavy atom. The lowest BCUT2D eigenvalue weighted by atomic mass is 9.81. The first kappa shape index (κ1) is 27.8. The molecular weight excluding hydrogens is 577 g/mol. The van der Waals surface area contributed by atoms with Gasteiger partial charge < -0.3 is 26.4 Å². The summed E-state index contributed by atoms with van der Waals surface area (Å²) in [6.45, 7) is -0.803. The molecule has 210 valence electrons. The number of nitrogens with two attached hydrogens (primary N) is 1. The standard InChI is InChI=1S/C26H15ClF5N5O4/c27-17-8-11(28)1-2-15(17)25(41)20-13(18-14(22(34)38)6-12(29)7-16(18)26(30,31)32)5-10-9-37(4-3-33)24(40)35-21(10)19(20)23(39)36-25/h1-2,5-8,41H,4,9H2,(H2,34,38)(H,35,40)(H,36,39). The minimum Gasteiger partial charge on any atom is -0.366 e. The van der Waals surface area contributed by atoms with Gasteiger partial charge in [-0.05, 0) is 47.5 Å². The van der Waals surface area contributed by atoms with Crippen molar-refractivity contribution in [2.24, 2.45) is 5.73 Å². The lowest BCUT2D eigenvalue weighted by molar-refractivity contribution is -0.137. The second kappa shape index (κ2) is 9.43. The van der Waals surface area contributed by atoms with E-state index in [4.69, 9.17) is 22.6 Å². The van der Waals surface area contributed by atoms with Gasteiger partial charge >= 0.3 is 12.2 Å². The number of nitriles is 1. The second-order valence-corrected chi connectivity index (χ2v) is 9.59. The molecule has 0 saturated heterocycles. The first-order chi connectivity index (χ1) is 19.2. The van der Waals surface area contributed by atoms with E-state index in [1.54, 1.807) is 6.07 Å². The van der Waals surface area contributed by atoms with Crippen LogP contribution in [0.25, 0.3) is 11.1 Å². The third-order valence-corrected chi connectivity index (χ3v) is 7.01. The van der Waals surface area contributed by atoms with Crippen molar-refractivity contribution in [3.05, 3.63) is 86.4 Å². The number of alkyl halides is 3. The Kier molecular flexibility index (Phi) is 6.39. The number of carbonyl (C=O) groups is 3. The quantitative estimate of drug-likeness (QED) is 0.265. The molecule has 1 atom stereocenters. The number of primary amides is 1. The second-order valence-electron chi connectivity index (χ2n) is 9.18. The molecule has 9 nitrogen and oxygen atoms in total. The highest BCUT2D eigenvalue weighted by atomic mass is 35.5. The zero-order valence-electron chi connectivity index (χ0n) is 20.3. The SMILES string of the molecule is N#CCN1Cc2cc(-c3c(C(N)=O)cc(F)cc3C(F)(F)F)c3c(c2NC1=O)C(=O)NC3(O)c1ccc(F)cc1Cl. The first-order valence-electron chi connectivity index (χ1n) is 11.5. The van der Waals surface area contributed by atoms with E-state index < -0.39 is 86.3 Å². The maximum Gasteiger partial charge on any atom is 0.417 e. The number of anilines is 1. The number of carbonyl (C=O) groups excluding carboxylic acids is 3. The molecule has 41 heavy (non-hydrogen) atoms. The summed E-state index contributed by atoms with van der Waals surface area (Å²) in [7, 11) is 0. The lowest BCUT2D eigenvalue weighted by Crippen LogP contribution is -2.41. The third kappa shape index (κ3) is 4.39. The van der Waals surface area contributed by atoms with E-state index in [2.05, 4.69) is 10.6 Å². The van der Waals surface area contributed by atoms with Crippen LogP contribution in [0.15, 0.2) is 36.4 Å². The first-order valence-corrected chi connectivity index (χ1v) is 11.9. The average molecular weight is 592 g/mol. The summed E-state index contributed by atoms with van der Waals surface area (Å²) in [4.78, 5) is 39.4. The fourth-order valence-electron chi connectivity index (χ4n) is 5.07. The van der Waals surface area contributed by atoms with E-state index in [9.17, 15) is 41.4 Å². The van der Waals surface area contributed by atoms with Crippen LogP contribution in [0, 0.1) is 23.0 Å². The number of urea groups is 1. The molecule has 0 aromatic heterocycles. The van der Waals surface area contributed by atoms with Crippen LogP contribution in [0.1, 0.15) is 43.0 Å². The highest BCUT2D eigenvalue weighted by Crippen LogP contribution is 2.51. The molecule has 0 bridgehead atoms. The van der Waals surface area contributed by atoms with Crippen molar-refractivity contribution in [1.29, 1.82) is 5.26 Å². The van der Waals surface area contributed by atoms with Crippen molar-refractivity contribution < 1.29 is 41.4 Å². The van der Waals surface area contributed by atoms with Crippen molar-refractivity contribution in [2.45, 2.75) is 18.4 Å². The number of halogens is 6. The summed E-state index contributed by atoms with van der Waals surface area (Å²) >= 11 is 6.18. The van der Waals surface area contributed by atoms with E-state index in [1.165, 1.54) is 0 Å².